The summed E-state index contributed by atoms with van der Waals surface area (Å²) in [6.45, 7) is 4.37. The predicted octanol–water partition coefficient (Wildman–Crippen LogP) is 2.63. The standard InChI is InChI=1S/C22H22ClN5O3S/c1-3-13(29)22-9-12(22)17(18(30)19(22)31)28-10-25-16-20(24-4-2)26-15(27-21(16)28)8-6-11-5-7-14(23)32-11/h5,7,10,12,17-19,30-31H,3-4,9H2,1-2H3,(H,24,26,27)/t12-,17-,18?,19-,22-/m1/s1. The molecule has 5 rings (SSSR count). The third kappa shape index (κ3) is 3.13. The number of carbonyl (C=O) groups is 1. The van der Waals surface area contributed by atoms with Crippen molar-refractivity contribution in [1.29, 1.82) is 0 Å². The predicted molar refractivity (Wildman–Crippen MR) is 122 cm³/mol. The molecule has 2 aliphatic carbocycles. The van der Waals surface area contributed by atoms with Gasteiger partial charge in [-0.2, -0.15) is 0 Å². The van der Waals surface area contributed by atoms with Crippen LogP contribution >= 0.6 is 22.9 Å². The molecule has 2 fully saturated rings. The Labute approximate surface area is 193 Å². The van der Waals surface area contributed by atoms with E-state index in [1.807, 2.05) is 13.0 Å². The number of aliphatic hydroxyl groups is 2. The van der Waals surface area contributed by atoms with Crippen LogP contribution < -0.4 is 5.32 Å². The van der Waals surface area contributed by atoms with Gasteiger partial charge < -0.3 is 20.1 Å². The Balaban J connectivity index is 1.59. The van der Waals surface area contributed by atoms with Crippen LogP contribution in [0.3, 0.4) is 0 Å². The van der Waals surface area contributed by atoms with Crippen LogP contribution in [0, 0.1) is 23.2 Å². The highest BCUT2D eigenvalue weighted by atomic mass is 35.5. The van der Waals surface area contributed by atoms with Crippen molar-refractivity contribution < 1.29 is 15.0 Å². The van der Waals surface area contributed by atoms with Crippen LogP contribution in [-0.4, -0.2) is 54.3 Å². The number of thiophene rings is 1. The number of fused-ring (bicyclic) bond motifs is 2. The van der Waals surface area contributed by atoms with Crippen LogP contribution in [0.15, 0.2) is 18.5 Å². The number of aromatic nitrogens is 4. The molecular weight excluding hydrogens is 450 g/mol. The Morgan fingerprint density at radius 3 is 2.84 bits per heavy atom. The van der Waals surface area contributed by atoms with Crippen LogP contribution in [0.4, 0.5) is 5.82 Å². The number of ketones is 1. The minimum Gasteiger partial charge on any atom is -0.389 e. The van der Waals surface area contributed by atoms with Crippen molar-refractivity contribution >= 4 is 45.7 Å². The number of rotatable bonds is 5. The summed E-state index contributed by atoms with van der Waals surface area (Å²) in [5, 5.41) is 24.8. The number of Topliss-reactive ketones (excluding diaryl/α,β-unsaturated/α-hetero) is 1. The van der Waals surface area contributed by atoms with Gasteiger partial charge >= 0.3 is 0 Å². The lowest BCUT2D eigenvalue weighted by Gasteiger charge is -2.23. The van der Waals surface area contributed by atoms with Crippen molar-refractivity contribution in [2.24, 2.45) is 11.3 Å². The Hall–Kier alpha value is -2.51. The van der Waals surface area contributed by atoms with Gasteiger partial charge in [0.15, 0.2) is 17.0 Å². The fourth-order valence-electron chi connectivity index (χ4n) is 4.95. The summed E-state index contributed by atoms with van der Waals surface area (Å²) in [6, 6.07) is 3.12. The van der Waals surface area contributed by atoms with Crippen molar-refractivity contribution in [3.63, 3.8) is 0 Å². The van der Waals surface area contributed by atoms with Gasteiger partial charge in [-0.05, 0) is 43.2 Å². The van der Waals surface area contributed by atoms with E-state index in [0.29, 0.717) is 46.5 Å². The number of halogens is 1. The number of anilines is 1. The van der Waals surface area contributed by atoms with Crippen molar-refractivity contribution in [1.82, 2.24) is 19.5 Å². The number of hydrogen-bond donors (Lipinski definition) is 3. The largest absolute Gasteiger partial charge is 0.389 e. The average Bonchev–Trinajstić information content (AvgIpc) is 3.03. The van der Waals surface area contributed by atoms with Gasteiger partial charge in [-0.1, -0.05) is 18.5 Å². The number of hydrogen-bond acceptors (Lipinski definition) is 8. The summed E-state index contributed by atoms with van der Waals surface area (Å²) in [4.78, 5) is 27.0. The number of nitrogens with one attached hydrogen (secondary N) is 1. The molecule has 3 heterocycles. The van der Waals surface area contributed by atoms with Gasteiger partial charge in [0.2, 0.25) is 5.82 Å². The van der Waals surface area contributed by atoms with E-state index in [1.165, 1.54) is 11.3 Å². The Morgan fingerprint density at radius 1 is 1.34 bits per heavy atom. The molecular formula is C22H22ClN5O3S. The molecule has 166 valence electrons. The highest BCUT2D eigenvalue weighted by Crippen LogP contribution is 2.68. The molecule has 5 atom stereocenters. The van der Waals surface area contributed by atoms with Gasteiger partial charge in [0.1, 0.15) is 11.9 Å². The number of aliphatic hydroxyl groups excluding tert-OH is 2. The average molecular weight is 472 g/mol. The topological polar surface area (TPSA) is 113 Å². The Morgan fingerprint density at radius 2 is 2.16 bits per heavy atom. The van der Waals surface area contributed by atoms with E-state index in [2.05, 4.69) is 32.1 Å². The maximum Gasteiger partial charge on any atom is 0.209 e. The highest BCUT2D eigenvalue weighted by Gasteiger charge is 2.74. The lowest BCUT2D eigenvalue weighted by Crippen LogP contribution is -2.37. The molecule has 0 aromatic carbocycles. The fourth-order valence-corrected chi connectivity index (χ4v) is 5.85. The summed E-state index contributed by atoms with van der Waals surface area (Å²) >= 11 is 7.35. The second-order valence-corrected chi connectivity index (χ2v) is 9.87. The summed E-state index contributed by atoms with van der Waals surface area (Å²) in [5.41, 5.74) is 0.194. The molecule has 3 aromatic rings. The SMILES string of the molecule is CCNc1nc(C#Cc2ccc(Cl)s2)nc2c1ncn2[C@H]1C(O)[C@@H](O)[C@]2(C(=O)CC)C[C@H]12. The zero-order chi connectivity index (χ0) is 22.6. The first-order valence-electron chi connectivity index (χ1n) is 10.6. The van der Waals surface area contributed by atoms with Gasteiger partial charge in [-0.25, -0.2) is 15.0 Å². The van der Waals surface area contributed by atoms with Crippen LogP contribution in [0.5, 0.6) is 0 Å². The number of nitrogens with zero attached hydrogens (tertiary/aromatic N) is 4. The maximum absolute atomic E-state index is 12.6. The molecule has 0 amide bonds. The highest BCUT2D eigenvalue weighted by molar-refractivity contribution is 7.16. The molecule has 0 bridgehead atoms. The first kappa shape index (κ1) is 21.3. The Bertz CT molecular complexity index is 1280. The smallest absolute Gasteiger partial charge is 0.209 e. The summed E-state index contributed by atoms with van der Waals surface area (Å²) < 4.78 is 2.42. The summed E-state index contributed by atoms with van der Waals surface area (Å²) in [6.07, 6.45) is 0.306. The lowest BCUT2D eigenvalue weighted by atomic mass is 9.92. The van der Waals surface area contributed by atoms with Crippen LogP contribution in [-0.2, 0) is 4.79 Å². The van der Waals surface area contributed by atoms with E-state index in [4.69, 9.17) is 11.6 Å². The molecule has 2 aliphatic rings. The molecule has 2 saturated carbocycles. The summed E-state index contributed by atoms with van der Waals surface area (Å²) in [7, 11) is 0. The normalized spacial score (nSPS) is 28.3. The molecule has 3 aromatic heterocycles. The minimum absolute atomic E-state index is 0.00917. The zero-order valence-electron chi connectivity index (χ0n) is 17.5. The third-order valence-electron chi connectivity index (χ3n) is 6.47. The van der Waals surface area contributed by atoms with E-state index < -0.39 is 23.7 Å². The van der Waals surface area contributed by atoms with E-state index >= 15 is 0 Å². The molecule has 0 saturated heterocycles. The van der Waals surface area contributed by atoms with Gasteiger partial charge in [0, 0.05) is 13.0 Å². The molecule has 32 heavy (non-hydrogen) atoms. The van der Waals surface area contributed by atoms with Crippen molar-refractivity contribution in [2.45, 2.75) is 44.9 Å². The van der Waals surface area contributed by atoms with E-state index in [-0.39, 0.29) is 11.7 Å². The van der Waals surface area contributed by atoms with Crippen LogP contribution in [0.2, 0.25) is 4.34 Å². The third-order valence-corrected chi connectivity index (χ3v) is 7.62. The molecule has 3 N–H and O–H groups in total. The van der Waals surface area contributed by atoms with E-state index in [1.54, 1.807) is 23.9 Å². The van der Waals surface area contributed by atoms with E-state index in [9.17, 15) is 15.0 Å². The maximum atomic E-state index is 12.6. The minimum atomic E-state index is -1.10. The van der Waals surface area contributed by atoms with Gasteiger partial charge in [-0.15, -0.1) is 11.3 Å². The first-order chi connectivity index (χ1) is 15.4. The van der Waals surface area contributed by atoms with Crippen molar-refractivity contribution in [3.8, 4) is 11.8 Å². The second-order valence-electron chi connectivity index (χ2n) is 8.16. The number of carbonyl (C=O) groups excluding carboxylic acids is 1. The second kappa shape index (κ2) is 7.81. The fraction of sp³-hybridized carbons (Fsp3) is 0.455. The quantitative estimate of drug-likeness (QED) is 0.490. The molecule has 8 nitrogen and oxygen atoms in total. The van der Waals surface area contributed by atoms with Crippen molar-refractivity contribution in [3.05, 3.63) is 33.5 Å². The molecule has 0 aliphatic heterocycles. The molecule has 0 radical (unpaired) electrons. The summed E-state index contributed by atoms with van der Waals surface area (Å²) in [5.74, 6) is 6.69. The van der Waals surface area contributed by atoms with Crippen LogP contribution in [0.1, 0.15) is 43.4 Å². The van der Waals surface area contributed by atoms with Crippen LogP contribution in [0.25, 0.3) is 11.2 Å². The molecule has 1 unspecified atom stereocenters. The monoisotopic (exact) mass is 471 g/mol. The number of imidazole rings is 1. The van der Waals surface area contributed by atoms with Gasteiger partial charge in [0.05, 0.1) is 33.1 Å². The lowest BCUT2D eigenvalue weighted by molar-refractivity contribution is -0.130. The zero-order valence-corrected chi connectivity index (χ0v) is 19.1. The van der Waals surface area contributed by atoms with Gasteiger partial charge in [-0.3, -0.25) is 4.79 Å². The molecule has 0 spiro atoms. The van der Waals surface area contributed by atoms with Crippen molar-refractivity contribution in [2.75, 3.05) is 11.9 Å². The van der Waals surface area contributed by atoms with Gasteiger partial charge in [0.25, 0.3) is 0 Å². The Kier molecular flexibility index (Phi) is 5.21. The molecule has 10 heteroatoms. The first-order valence-corrected chi connectivity index (χ1v) is 11.7. The van der Waals surface area contributed by atoms with E-state index in [0.717, 1.165) is 4.88 Å².